The van der Waals surface area contributed by atoms with Crippen LogP contribution < -0.4 is 39.4 Å². The predicted molar refractivity (Wildman–Crippen MR) is 99.3 cm³/mol. The van der Waals surface area contributed by atoms with Crippen LogP contribution in [0.2, 0.25) is 0 Å². The van der Waals surface area contributed by atoms with Crippen LogP contribution in [0.5, 0.6) is 17.2 Å². The van der Waals surface area contributed by atoms with Crippen LogP contribution in [0, 0.1) is 0 Å². The van der Waals surface area contributed by atoms with E-state index in [4.69, 9.17) is 9.29 Å². The van der Waals surface area contributed by atoms with Crippen molar-refractivity contribution < 1.29 is 52.4 Å². The molecule has 2 aromatic rings. The van der Waals surface area contributed by atoms with E-state index in [1.54, 1.807) is 12.1 Å². The van der Waals surface area contributed by atoms with Gasteiger partial charge in [-0.1, -0.05) is 63.0 Å². The molecule has 0 amide bonds. The Morgan fingerprint density at radius 2 is 1.70 bits per heavy atom. The van der Waals surface area contributed by atoms with Crippen LogP contribution in [-0.4, -0.2) is 13.0 Å². The number of ether oxygens (including phenoxy) is 1. The Hall–Kier alpha value is -1.05. The number of hydrogen-bond acceptors (Lipinski definition) is 4. The van der Waals surface area contributed by atoms with Crippen molar-refractivity contribution in [2.24, 2.45) is 0 Å². The van der Waals surface area contributed by atoms with Gasteiger partial charge in [-0.25, -0.2) is 0 Å². The van der Waals surface area contributed by atoms with Gasteiger partial charge >= 0.3 is 29.6 Å². The van der Waals surface area contributed by atoms with Crippen molar-refractivity contribution in [3.05, 3.63) is 48.0 Å². The molecule has 0 aliphatic heterocycles. The molecule has 0 aliphatic carbocycles. The van der Waals surface area contributed by atoms with Crippen LogP contribution >= 0.6 is 0 Å². The van der Waals surface area contributed by atoms with E-state index in [2.05, 4.69) is 6.92 Å². The molecule has 0 aliphatic rings. The van der Waals surface area contributed by atoms with Crippen molar-refractivity contribution in [3.63, 3.8) is 0 Å². The zero-order chi connectivity index (χ0) is 19.0. The smallest absolute Gasteiger partial charge is 0.870 e. The Balaban J connectivity index is 0.00000364. The predicted octanol–water partition coefficient (Wildman–Crippen LogP) is 1.71. The molecule has 0 heterocycles. The van der Waals surface area contributed by atoms with Crippen molar-refractivity contribution in [1.82, 2.24) is 0 Å². The summed E-state index contributed by atoms with van der Waals surface area (Å²) in [6, 6.07) is 10.4. The summed E-state index contributed by atoms with van der Waals surface area (Å²) in [6.45, 7) is 2.19. The Morgan fingerprint density at radius 1 is 1.00 bits per heavy atom. The quantitative estimate of drug-likeness (QED) is 0.373. The summed E-state index contributed by atoms with van der Waals surface area (Å²) >= 11 is 0. The standard InChI is InChI=1S/C20H26O5S.Na/c1-2-3-4-5-6-7-9-16-12-13-20(19(21)14-16)25-17-10-8-11-18(15-17)26(22,23)24;/h8,10-15,21H,2-7,9H2,1H3,(H,22,23,24);/q;+1/p-1. The first-order valence-corrected chi connectivity index (χ1v) is 10.4. The largest absolute Gasteiger partial charge is 1.00 e. The van der Waals surface area contributed by atoms with Crippen LogP contribution in [0.1, 0.15) is 51.0 Å². The number of benzene rings is 2. The van der Waals surface area contributed by atoms with E-state index < -0.39 is 10.1 Å². The van der Waals surface area contributed by atoms with Crippen LogP contribution in [0.4, 0.5) is 0 Å². The summed E-state index contributed by atoms with van der Waals surface area (Å²) in [5, 5.41) is 12.2. The fourth-order valence-electron chi connectivity index (χ4n) is 2.73. The van der Waals surface area contributed by atoms with Crippen molar-refractivity contribution >= 4 is 10.1 Å². The summed E-state index contributed by atoms with van der Waals surface area (Å²) in [6.07, 6.45) is 8.07. The molecule has 5 nitrogen and oxygen atoms in total. The third-order valence-corrected chi connectivity index (χ3v) is 5.01. The SMILES string of the molecule is CCCCCCCCc1ccc(Oc2cccc(S(=O)(=O)O)c2)c([O-])c1.[Na+]. The zero-order valence-corrected chi connectivity index (χ0v) is 18.8. The molecule has 27 heavy (non-hydrogen) atoms. The monoisotopic (exact) mass is 400 g/mol. The maximum atomic E-state index is 12.2. The topological polar surface area (TPSA) is 86.7 Å². The second-order valence-corrected chi connectivity index (χ2v) is 7.77. The minimum absolute atomic E-state index is 0. The van der Waals surface area contributed by atoms with Gasteiger partial charge in [-0.05, 0) is 36.6 Å². The van der Waals surface area contributed by atoms with Crippen molar-refractivity contribution in [3.8, 4) is 17.2 Å². The molecule has 0 aromatic heterocycles. The minimum Gasteiger partial charge on any atom is -0.870 e. The number of unbranched alkanes of at least 4 members (excludes halogenated alkanes) is 5. The first-order valence-electron chi connectivity index (χ1n) is 8.95. The van der Waals surface area contributed by atoms with Gasteiger partial charge < -0.3 is 9.84 Å². The molecule has 0 bridgehead atoms. The first-order chi connectivity index (χ1) is 12.4. The molecular weight excluding hydrogens is 375 g/mol. The fraction of sp³-hybridized carbons (Fsp3) is 0.400. The van der Waals surface area contributed by atoms with Crippen LogP contribution in [-0.2, 0) is 16.5 Å². The van der Waals surface area contributed by atoms with E-state index in [1.165, 1.54) is 49.9 Å². The van der Waals surface area contributed by atoms with Gasteiger partial charge in [-0.15, -0.1) is 0 Å². The normalized spacial score (nSPS) is 11.0. The van der Waals surface area contributed by atoms with Crippen molar-refractivity contribution in [1.29, 1.82) is 0 Å². The van der Waals surface area contributed by atoms with Gasteiger partial charge in [0.1, 0.15) is 11.5 Å². The molecule has 0 fully saturated rings. The maximum Gasteiger partial charge on any atom is 1.00 e. The number of rotatable bonds is 10. The maximum absolute atomic E-state index is 12.2. The van der Waals surface area contributed by atoms with Gasteiger partial charge in [0.15, 0.2) is 0 Å². The Morgan fingerprint density at radius 3 is 2.37 bits per heavy atom. The molecule has 142 valence electrons. The van der Waals surface area contributed by atoms with Crippen LogP contribution in [0.25, 0.3) is 0 Å². The Bertz CT molecular complexity index is 821. The van der Waals surface area contributed by atoms with Gasteiger partial charge in [0, 0.05) is 6.07 Å². The molecule has 0 atom stereocenters. The van der Waals surface area contributed by atoms with E-state index in [0.717, 1.165) is 24.8 Å². The zero-order valence-electron chi connectivity index (χ0n) is 16.0. The van der Waals surface area contributed by atoms with Crippen LogP contribution in [0.3, 0.4) is 0 Å². The molecule has 0 radical (unpaired) electrons. The third-order valence-electron chi connectivity index (χ3n) is 4.16. The average Bonchev–Trinajstić information content (AvgIpc) is 2.60. The van der Waals surface area contributed by atoms with Gasteiger partial charge in [0.2, 0.25) is 0 Å². The van der Waals surface area contributed by atoms with Gasteiger partial charge in [0.25, 0.3) is 10.1 Å². The van der Waals surface area contributed by atoms with E-state index in [0.29, 0.717) is 0 Å². The van der Waals surface area contributed by atoms with Crippen molar-refractivity contribution in [2.75, 3.05) is 0 Å². The van der Waals surface area contributed by atoms with Gasteiger partial charge in [-0.3, -0.25) is 4.55 Å². The summed E-state index contributed by atoms with van der Waals surface area (Å²) in [4.78, 5) is -0.276. The number of hydrogen-bond donors (Lipinski definition) is 1. The summed E-state index contributed by atoms with van der Waals surface area (Å²) in [5.74, 6) is 0.0656. The average molecular weight is 400 g/mol. The third kappa shape index (κ3) is 8.23. The molecule has 0 saturated heterocycles. The van der Waals surface area contributed by atoms with E-state index in [9.17, 15) is 13.5 Å². The summed E-state index contributed by atoms with van der Waals surface area (Å²) < 4.78 is 36.9. The molecule has 1 N–H and O–H groups in total. The van der Waals surface area contributed by atoms with E-state index >= 15 is 0 Å². The second kappa shape index (κ2) is 11.7. The fourth-order valence-corrected chi connectivity index (χ4v) is 3.24. The van der Waals surface area contributed by atoms with Gasteiger partial charge in [-0.2, -0.15) is 8.42 Å². The molecule has 7 heteroatoms. The summed E-state index contributed by atoms with van der Waals surface area (Å²) in [7, 11) is -4.31. The van der Waals surface area contributed by atoms with Gasteiger partial charge in [0.05, 0.1) is 4.90 Å². The summed E-state index contributed by atoms with van der Waals surface area (Å²) in [5.41, 5.74) is 0.976. The van der Waals surface area contributed by atoms with Crippen LogP contribution in [0.15, 0.2) is 47.4 Å². The molecule has 2 rings (SSSR count). The second-order valence-electron chi connectivity index (χ2n) is 6.35. The Labute approximate surface area is 183 Å². The molecule has 0 spiro atoms. The first kappa shape index (κ1) is 24.0. The Kier molecular flexibility index (Phi) is 10.4. The minimum atomic E-state index is -4.31. The van der Waals surface area contributed by atoms with Crippen molar-refractivity contribution in [2.45, 2.75) is 56.8 Å². The molecule has 0 saturated carbocycles. The number of aryl methyl sites for hydroxylation is 1. The molecule has 2 aromatic carbocycles. The molecule has 0 unspecified atom stereocenters. The van der Waals surface area contributed by atoms with E-state index in [1.807, 2.05) is 6.07 Å². The van der Waals surface area contributed by atoms with E-state index in [-0.39, 0.29) is 51.7 Å². The molecular formula is C20H25NaO5S.